The molecule has 2 atom stereocenters. The smallest absolute Gasteiger partial charge is 0.407 e. The maximum atomic E-state index is 14.4. The summed E-state index contributed by atoms with van der Waals surface area (Å²) in [6.07, 6.45) is 3.02. The quantitative estimate of drug-likeness (QED) is 0.198. The molecular formula is C34H48F2N6O9. The third kappa shape index (κ3) is 9.51. The van der Waals surface area contributed by atoms with E-state index in [2.05, 4.69) is 10.6 Å². The lowest BCUT2D eigenvalue weighted by Crippen LogP contribution is -2.59. The average Bonchev–Trinajstić information content (AvgIpc) is 3.41. The van der Waals surface area contributed by atoms with Crippen LogP contribution in [0.1, 0.15) is 59.9 Å². The Bertz CT molecular complexity index is 1570. The molecule has 0 unspecified atom stereocenters. The Morgan fingerprint density at radius 1 is 0.941 bits per heavy atom. The zero-order valence-electron chi connectivity index (χ0n) is 29.3. The second kappa shape index (κ2) is 18.2. The molecular weight excluding hydrogens is 674 g/mol. The van der Waals surface area contributed by atoms with Crippen molar-refractivity contribution in [3.8, 4) is 0 Å². The molecule has 282 valence electrons. The maximum absolute atomic E-state index is 14.4. The van der Waals surface area contributed by atoms with Crippen LogP contribution in [0.3, 0.4) is 0 Å². The second-order valence-electron chi connectivity index (χ2n) is 12.8. The van der Waals surface area contributed by atoms with Gasteiger partial charge in [0.25, 0.3) is 11.8 Å². The number of likely N-dealkylation sites (N-methyl/N-ethyl adjacent to an activating group) is 1. The van der Waals surface area contributed by atoms with E-state index < -0.39 is 47.5 Å². The predicted molar refractivity (Wildman–Crippen MR) is 180 cm³/mol. The van der Waals surface area contributed by atoms with Crippen LogP contribution < -0.4 is 10.6 Å². The van der Waals surface area contributed by atoms with Crippen LogP contribution in [0, 0.1) is 17.6 Å². The zero-order chi connectivity index (χ0) is 37.2. The first-order valence-corrected chi connectivity index (χ1v) is 17.2. The minimum atomic E-state index is -1.27. The van der Waals surface area contributed by atoms with E-state index in [0.717, 1.165) is 49.1 Å². The second-order valence-corrected chi connectivity index (χ2v) is 12.8. The Kier molecular flexibility index (Phi) is 14.1. The highest BCUT2D eigenvalue weighted by atomic mass is 19.2. The van der Waals surface area contributed by atoms with Crippen LogP contribution in [-0.4, -0.2) is 144 Å². The van der Waals surface area contributed by atoms with Crippen LogP contribution in [0.25, 0.3) is 10.9 Å². The van der Waals surface area contributed by atoms with Gasteiger partial charge in [-0.2, -0.15) is 0 Å². The van der Waals surface area contributed by atoms with Gasteiger partial charge in [0.2, 0.25) is 11.8 Å². The van der Waals surface area contributed by atoms with Gasteiger partial charge in [-0.15, -0.1) is 0 Å². The number of aryl methyl sites for hydroxylation is 1. The zero-order valence-corrected chi connectivity index (χ0v) is 29.3. The van der Waals surface area contributed by atoms with Crippen LogP contribution >= 0.6 is 0 Å². The average molecular weight is 723 g/mol. The highest BCUT2D eigenvalue weighted by Gasteiger charge is 2.38. The van der Waals surface area contributed by atoms with Crippen molar-refractivity contribution in [2.45, 2.75) is 51.1 Å². The first-order valence-electron chi connectivity index (χ1n) is 17.2. The van der Waals surface area contributed by atoms with Crippen molar-refractivity contribution in [1.82, 2.24) is 29.9 Å². The Morgan fingerprint density at radius 2 is 1.55 bits per heavy atom. The molecule has 2 aliphatic rings. The van der Waals surface area contributed by atoms with Crippen molar-refractivity contribution in [1.29, 1.82) is 0 Å². The number of rotatable bonds is 15. The number of aliphatic hydroxyl groups excluding tert-OH is 1. The molecule has 0 spiro atoms. The predicted octanol–water partition coefficient (Wildman–Crippen LogP) is 1.56. The summed E-state index contributed by atoms with van der Waals surface area (Å²) in [6, 6.07) is -0.0648. The molecule has 5 amide bonds. The van der Waals surface area contributed by atoms with Gasteiger partial charge in [0.05, 0.1) is 44.1 Å². The van der Waals surface area contributed by atoms with Gasteiger partial charge in [0.15, 0.2) is 11.6 Å². The van der Waals surface area contributed by atoms with Gasteiger partial charge in [-0.1, -0.05) is 19.3 Å². The number of amides is 5. The lowest BCUT2D eigenvalue weighted by atomic mass is 9.83. The molecule has 1 aromatic carbocycles. The first-order chi connectivity index (χ1) is 24.4. The number of carbonyl (C=O) groups excluding carboxylic acids is 4. The Hall–Kier alpha value is -4.35. The number of nitrogens with zero attached hydrogens (tertiary/aromatic N) is 4. The summed E-state index contributed by atoms with van der Waals surface area (Å²) in [5, 5.41) is 23.6. The lowest BCUT2D eigenvalue weighted by Gasteiger charge is -2.39. The van der Waals surface area contributed by atoms with E-state index in [1.807, 2.05) is 0 Å². The standard InChI is InChI=1S/C34H48F2N6O9/c1-21(39(2)34(48)49)30(44)38-28(22-7-5-4-6-8-22)32(46)41-10-12-42(13-11-41)33(47)29-27(23-19-24(35)25(36)20-26(23)40(29)3)31(45)37-9-15-50-17-18-51-16-14-43/h19-22,28,43H,4-18H2,1-3H3,(H,37,45)(H,38,44)(H,48,49)/t21-,28-/m0/s1. The first kappa shape index (κ1) is 39.4. The molecule has 0 bridgehead atoms. The molecule has 2 aromatic rings. The fourth-order valence-corrected chi connectivity index (χ4v) is 6.56. The van der Waals surface area contributed by atoms with E-state index in [9.17, 15) is 37.9 Å². The van der Waals surface area contributed by atoms with Gasteiger partial charge in [-0.05, 0) is 31.7 Å². The number of piperazine rings is 1. The summed E-state index contributed by atoms with van der Waals surface area (Å²) >= 11 is 0. The fraction of sp³-hybridized carbons (Fsp3) is 0.618. The maximum Gasteiger partial charge on any atom is 0.407 e. The number of hydrogen-bond donors (Lipinski definition) is 4. The number of carbonyl (C=O) groups is 5. The molecule has 15 nitrogen and oxygen atoms in total. The monoisotopic (exact) mass is 722 g/mol. The summed E-state index contributed by atoms with van der Waals surface area (Å²) in [7, 11) is 2.77. The molecule has 4 rings (SSSR count). The summed E-state index contributed by atoms with van der Waals surface area (Å²) in [5.74, 6) is -4.58. The van der Waals surface area contributed by atoms with Crippen molar-refractivity contribution >= 4 is 40.6 Å². The topological polar surface area (TPSA) is 183 Å². The van der Waals surface area contributed by atoms with Gasteiger partial charge >= 0.3 is 6.09 Å². The molecule has 1 aliphatic carbocycles. The normalized spacial score (nSPS) is 16.5. The molecule has 1 aliphatic heterocycles. The molecule has 2 heterocycles. The van der Waals surface area contributed by atoms with E-state index in [1.54, 1.807) is 4.90 Å². The number of ether oxygens (including phenoxy) is 2. The minimum Gasteiger partial charge on any atom is -0.465 e. The molecule has 1 saturated carbocycles. The van der Waals surface area contributed by atoms with Crippen LogP contribution in [0.4, 0.5) is 13.6 Å². The van der Waals surface area contributed by atoms with Crippen molar-refractivity contribution in [3.05, 3.63) is 35.0 Å². The van der Waals surface area contributed by atoms with E-state index in [-0.39, 0.29) is 99.7 Å². The Labute approximate surface area is 294 Å². The lowest BCUT2D eigenvalue weighted by molar-refractivity contribution is -0.140. The minimum absolute atomic E-state index is 0.0530. The van der Waals surface area contributed by atoms with Gasteiger partial charge in [-0.25, -0.2) is 13.6 Å². The van der Waals surface area contributed by atoms with Crippen LogP contribution in [0.15, 0.2) is 12.1 Å². The number of halogens is 2. The highest BCUT2D eigenvalue weighted by molar-refractivity contribution is 6.16. The van der Waals surface area contributed by atoms with E-state index in [1.165, 1.54) is 30.5 Å². The Balaban J connectivity index is 1.48. The van der Waals surface area contributed by atoms with Crippen molar-refractivity contribution in [2.75, 3.05) is 72.8 Å². The number of nitrogens with one attached hydrogen (secondary N) is 2. The largest absolute Gasteiger partial charge is 0.465 e. The number of fused-ring (bicyclic) bond motifs is 1. The molecule has 0 radical (unpaired) electrons. The van der Waals surface area contributed by atoms with E-state index in [4.69, 9.17) is 14.6 Å². The third-order valence-electron chi connectivity index (χ3n) is 9.64. The van der Waals surface area contributed by atoms with Gasteiger partial charge < -0.3 is 44.7 Å². The Morgan fingerprint density at radius 3 is 2.18 bits per heavy atom. The van der Waals surface area contributed by atoms with Crippen LogP contribution in [-0.2, 0) is 26.1 Å². The van der Waals surface area contributed by atoms with Gasteiger partial charge in [0, 0.05) is 58.3 Å². The summed E-state index contributed by atoms with van der Waals surface area (Å²) < 4.78 is 40.6. The van der Waals surface area contributed by atoms with Crippen molar-refractivity contribution < 1.29 is 52.4 Å². The molecule has 17 heteroatoms. The van der Waals surface area contributed by atoms with E-state index >= 15 is 0 Å². The third-order valence-corrected chi connectivity index (χ3v) is 9.64. The molecule has 1 aromatic heterocycles. The SMILES string of the molecule is C[C@@H](C(=O)N[C@H](C(=O)N1CCN(C(=O)c2c(C(=O)NCCOCCOCCO)c3cc(F)c(F)cc3n2C)CC1)C1CCCCC1)N(C)C(=O)O. The molecule has 51 heavy (non-hydrogen) atoms. The number of hydrogen-bond acceptors (Lipinski definition) is 8. The van der Waals surface area contributed by atoms with Crippen LogP contribution in [0.2, 0.25) is 0 Å². The fourth-order valence-electron chi connectivity index (χ4n) is 6.56. The molecule has 1 saturated heterocycles. The molecule has 2 fully saturated rings. The molecule has 4 N–H and O–H groups in total. The summed E-state index contributed by atoms with van der Waals surface area (Å²) in [6.45, 7) is 2.58. The van der Waals surface area contributed by atoms with E-state index in [0.29, 0.717) is 0 Å². The van der Waals surface area contributed by atoms with Gasteiger partial charge in [-0.3, -0.25) is 24.1 Å². The number of carboxylic acid groups (broad SMARTS) is 1. The van der Waals surface area contributed by atoms with Crippen LogP contribution in [0.5, 0.6) is 0 Å². The summed E-state index contributed by atoms with van der Waals surface area (Å²) in [5.41, 5.74) is -0.0569. The number of aliphatic hydroxyl groups is 1. The number of benzene rings is 1. The van der Waals surface area contributed by atoms with Gasteiger partial charge in [0.1, 0.15) is 17.8 Å². The summed E-state index contributed by atoms with van der Waals surface area (Å²) in [4.78, 5) is 69.9. The highest BCUT2D eigenvalue weighted by Crippen LogP contribution is 2.30. The van der Waals surface area contributed by atoms with Crippen molar-refractivity contribution in [3.63, 3.8) is 0 Å². The van der Waals surface area contributed by atoms with Crippen molar-refractivity contribution in [2.24, 2.45) is 13.0 Å². The number of aromatic nitrogens is 1.